The van der Waals surface area contributed by atoms with Crippen molar-refractivity contribution in [3.63, 3.8) is 0 Å². The number of hydrogen-bond donors (Lipinski definition) is 2. The summed E-state index contributed by atoms with van der Waals surface area (Å²) in [7, 11) is -4.43. The lowest BCUT2D eigenvalue weighted by Gasteiger charge is -2.42. The van der Waals surface area contributed by atoms with E-state index in [1.165, 1.54) is 23.6 Å². The largest absolute Gasteiger partial charge is 0.435 e. The Labute approximate surface area is 241 Å². The molecule has 232 valence electrons. The third-order valence-electron chi connectivity index (χ3n) is 7.71. The van der Waals surface area contributed by atoms with E-state index in [4.69, 9.17) is 11.6 Å². The van der Waals surface area contributed by atoms with Crippen LogP contribution in [-0.2, 0) is 20.3 Å². The SMILES string of the molecule is N/C(=C\N(N)C1CCC(c2ccc(C(F)(C(F)(F)F)C(F)(F)F)cc2)(S(=O)(=O)c2ccc(F)cc2)CC1)c1ccncc1. The summed E-state index contributed by atoms with van der Waals surface area (Å²) < 4.78 is 134. The van der Waals surface area contributed by atoms with Gasteiger partial charge in [-0.15, -0.1) is 0 Å². The molecule has 2 aromatic carbocycles. The number of rotatable bonds is 7. The topological polar surface area (TPSA) is 102 Å². The molecule has 0 saturated heterocycles. The lowest BCUT2D eigenvalue weighted by Crippen LogP contribution is -2.50. The van der Waals surface area contributed by atoms with Gasteiger partial charge in [0.15, 0.2) is 9.84 Å². The van der Waals surface area contributed by atoms with Crippen molar-refractivity contribution in [2.75, 3.05) is 0 Å². The van der Waals surface area contributed by atoms with Crippen LogP contribution in [0.15, 0.2) is 84.2 Å². The Morgan fingerprint density at radius 2 is 1.37 bits per heavy atom. The molecule has 0 spiro atoms. The number of aromatic nitrogens is 1. The first kappa shape index (κ1) is 32.2. The van der Waals surface area contributed by atoms with Gasteiger partial charge in [-0.05, 0) is 67.6 Å². The molecule has 1 saturated carbocycles. The van der Waals surface area contributed by atoms with Crippen molar-refractivity contribution in [1.29, 1.82) is 0 Å². The van der Waals surface area contributed by atoms with E-state index in [0.717, 1.165) is 36.4 Å². The molecular weight excluding hydrogens is 608 g/mol. The average molecular weight is 635 g/mol. The minimum Gasteiger partial charge on any atom is -0.397 e. The van der Waals surface area contributed by atoms with E-state index in [1.807, 2.05) is 0 Å². The number of halogens is 8. The Bertz CT molecular complexity index is 1540. The lowest BCUT2D eigenvalue weighted by atomic mass is 9.79. The molecule has 0 unspecified atom stereocenters. The van der Waals surface area contributed by atoms with Crippen LogP contribution < -0.4 is 11.6 Å². The number of alkyl halides is 7. The van der Waals surface area contributed by atoms with Crippen molar-refractivity contribution in [2.45, 2.75) is 59.4 Å². The van der Waals surface area contributed by atoms with E-state index < -0.39 is 50.0 Å². The zero-order valence-electron chi connectivity index (χ0n) is 22.2. The van der Waals surface area contributed by atoms with E-state index >= 15 is 0 Å². The maximum atomic E-state index is 14.7. The van der Waals surface area contributed by atoms with Crippen LogP contribution >= 0.6 is 0 Å². The van der Waals surface area contributed by atoms with Gasteiger partial charge in [0.05, 0.1) is 10.6 Å². The van der Waals surface area contributed by atoms with Crippen molar-refractivity contribution in [2.24, 2.45) is 11.6 Å². The number of sulfone groups is 1. The van der Waals surface area contributed by atoms with Gasteiger partial charge >= 0.3 is 18.0 Å². The van der Waals surface area contributed by atoms with Crippen molar-refractivity contribution in [3.8, 4) is 0 Å². The fourth-order valence-electron chi connectivity index (χ4n) is 5.30. The molecule has 0 aliphatic heterocycles. The van der Waals surface area contributed by atoms with Crippen LogP contribution in [0.3, 0.4) is 0 Å². The van der Waals surface area contributed by atoms with E-state index in [0.29, 0.717) is 11.3 Å². The lowest BCUT2D eigenvalue weighted by molar-refractivity contribution is -0.348. The van der Waals surface area contributed by atoms with Crippen molar-refractivity contribution >= 4 is 15.5 Å². The highest BCUT2D eigenvalue weighted by Crippen LogP contribution is 2.54. The van der Waals surface area contributed by atoms with Gasteiger partial charge in [0.2, 0.25) is 0 Å². The molecule has 1 fully saturated rings. The maximum Gasteiger partial charge on any atom is 0.435 e. The van der Waals surface area contributed by atoms with E-state index in [-0.39, 0.29) is 48.3 Å². The van der Waals surface area contributed by atoms with E-state index in [1.54, 1.807) is 12.1 Å². The molecule has 3 aromatic rings. The molecular formula is C28H26F8N4O2S. The Balaban J connectivity index is 1.73. The highest BCUT2D eigenvalue weighted by atomic mass is 32.2. The van der Waals surface area contributed by atoms with Gasteiger partial charge < -0.3 is 10.7 Å². The average Bonchev–Trinajstić information content (AvgIpc) is 2.96. The predicted molar refractivity (Wildman–Crippen MR) is 141 cm³/mol. The molecule has 1 aliphatic carbocycles. The third-order valence-corrected chi connectivity index (χ3v) is 10.3. The molecule has 1 aliphatic rings. The minimum absolute atomic E-state index is 0.108. The third kappa shape index (κ3) is 5.79. The zero-order chi connectivity index (χ0) is 31.8. The smallest absolute Gasteiger partial charge is 0.397 e. The zero-order valence-corrected chi connectivity index (χ0v) is 23.0. The Hall–Kier alpha value is -3.72. The summed E-state index contributed by atoms with van der Waals surface area (Å²) >= 11 is 0. The number of hydrogen-bond acceptors (Lipinski definition) is 6. The van der Waals surface area contributed by atoms with Gasteiger partial charge in [0.25, 0.3) is 0 Å². The van der Waals surface area contributed by atoms with Crippen molar-refractivity contribution in [1.82, 2.24) is 9.99 Å². The van der Waals surface area contributed by atoms with Crippen LogP contribution in [0.25, 0.3) is 5.70 Å². The highest BCUT2D eigenvalue weighted by molar-refractivity contribution is 7.92. The number of hydrazine groups is 1. The summed E-state index contributed by atoms with van der Waals surface area (Å²) in [6.07, 6.45) is -8.31. The van der Waals surface area contributed by atoms with Gasteiger partial charge in [0, 0.05) is 35.8 Å². The fraction of sp³-hybridized carbons (Fsp3) is 0.321. The first-order valence-corrected chi connectivity index (χ1v) is 14.3. The van der Waals surface area contributed by atoms with Crippen LogP contribution in [0.5, 0.6) is 0 Å². The Morgan fingerprint density at radius 3 is 1.86 bits per heavy atom. The van der Waals surface area contributed by atoms with Crippen LogP contribution in [0.4, 0.5) is 35.1 Å². The molecule has 4 rings (SSSR count). The first-order chi connectivity index (χ1) is 19.9. The van der Waals surface area contributed by atoms with Crippen molar-refractivity contribution in [3.05, 3.63) is 102 Å². The summed E-state index contributed by atoms with van der Waals surface area (Å²) in [6.45, 7) is 0. The second kappa shape index (κ2) is 11.4. The minimum atomic E-state index is -6.33. The normalized spacial score (nSPS) is 20.6. The maximum absolute atomic E-state index is 14.7. The van der Waals surface area contributed by atoms with Crippen molar-refractivity contribution < 1.29 is 43.5 Å². The van der Waals surface area contributed by atoms with Gasteiger partial charge in [-0.1, -0.05) is 24.3 Å². The fourth-order valence-corrected chi connectivity index (χ4v) is 7.46. The van der Waals surface area contributed by atoms with Crippen LogP contribution in [0, 0.1) is 5.82 Å². The molecule has 0 radical (unpaired) electrons. The molecule has 1 aromatic heterocycles. The van der Waals surface area contributed by atoms with Gasteiger partial charge in [-0.25, -0.2) is 23.0 Å². The van der Waals surface area contributed by atoms with Gasteiger partial charge in [-0.3, -0.25) is 4.98 Å². The molecule has 0 amide bonds. The second-order valence-electron chi connectivity index (χ2n) is 10.2. The summed E-state index contributed by atoms with van der Waals surface area (Å²) in [5, 5.41) is 1.30. The predicted octanol–water partition coefficient (Wildman–Crippen LogP) is 6.25. The first-order valence-electron chi connectivity index (χ1n) is 12.8. The summed E-state index contributed by atoms with van der Waals surface area (Å²) in [5.41, 5.74) is -0.556. The number of benzene rings is 2. The van der Waals surface area contributed by atoms with Gasteiger partial charge in [-0.2, -0.15) is 26.3 Å². The van der Waals surface area contributed by atoms with Crippen LogP contribution in [0.1, 0.15) is 42.4 Å². The molecule has 0 atom stereocenters. The summed E-state index contributed by atoms with van der Waals surface area (Å²) in [5.74, 6) is 5.49. The van der Waals surface area contributed by atoms with Crippen LogP contribution in [0.2, 0.25) is 0 Å². The molecule has 0 bridgehead atoms. The standard InChI is InChI=1S/C28H26F8N4O2S/c29-21-5-7-23(8-6-21)43(41,42)25(19-1-3-20(4-2-19)26(30,27(31,32)33)28(34,35)36)13-9-22(10-14-25)40(38)17-24(37)18-11-15-39-16-12-18/h1-8,11-12,15-17,22H,9-10,13-14,37-38H2/b24-17-. The molecule has 4 N–H and O–H groups in total. The highest BCUT2D eigenvalue weighted by Gasteiger charge is 2.73. The molecule has 15 heteroatoms. The monoisotopic (exact) mass is 634 g/mol. The Kier molecular flexibility index (Phi) is 8.55. The molecule has 1 heterocycles. The van der Waals surface area contributed by atoms with Gasteiger partial charge in [0.1, 0.15) is 10.6 Å². The Morgan fingerprint density at radius 1 is 0.860 bits per heavy atom. The number of pyridine rings is 1. The molecule has 6 nitrogen and oxygen atoms in total. The summed E-state index contributed by atoms with van der Waals surface area (Å²) in [6, 6.07) is 8.78. The van der Waals surface area contributed by atoms with E-state index in [2.05, 4.69) is 4.98 Å². The van der Waals surface area contributed by atoms with E-state index in [9.17, 15) is 43.5 Å². The quantitative estimate of drug-likeness (QED) is 0.138. The summed E-state index contributed by atoms with van der Waals surface area (Å²) in [4.78, 5) is 3.59. The molecule has 43 heavy (non-hydrogen) atoms. The number of nitrogens with two attached hydrogens (primary N) is 2. The number of nitrogens with zero attached hydrogens (tertiary/aromatic N) is 2. The van der Waals surface area contributed by atoms with Crippen LogP contribution in [-0.4, -0.2) is 36.8 Å². The second-order valence-corrected chi connectivity index (χ2v) is 12.4.